The molecule has 1 N–H and O–H groups in total. The molecule has 1 aromatic carbocycles. The highest BCUT2D eigenvalue weighted by atomic mass is 32.2. The Morgan fingerprint density at radius 2 is 2.20 bits per heavy atom. The Bertz CT molecular complexity index is 928. The number of thioether (sulfide) groups is 1. The van der Waals surface area contributed by atoms with Gasteiger partial charge in [-0.25, -0.2) is 0 Å². The standard InChI is InChI=1S/C22H27N5O2S/c1-3-12-27-19(14-29-18-9-7-8-17(2)13-18)25-26-21(27)30-15-20(28)24-22(16-23)10-5-4-6-11-22/h3,7-9,13H,1,4-6,10-12,14-15H2,2H3,(H,24,28). The van der Waals surface area contributed by atoms with Crippen LogP contribution in [0.25, 0.3) is 0 Å². The number of benzene rings is 1. The van der Waals surface area contributed by atoms with E-state index in [9.17, 15) is 10.1 Å². The Labute approximate surface area is 181 Å². The Kier molecular flexibility index (Phi) is 7.52. The van der Waals surface area contributed by atoms with E-state index in [-0.39, 0.29) is 18.3 Å². The van der Waals surface area contributed by atoms with E-state index in [2.05, 4.69) is 28.2 Å². The molecule has 1 aliphatic carbocycles. The number of aryl methyl sites for hydroxylation is 1. The number of carbonyl (C=O) groups excluding carboxylic acids is 1. The van der Waals surface area contributed by atoms with Gasteiger partial charge in [-0.3, -0.25) is 9.36 Å². The average Bonchev–Trinajstić information content (AvgIpc) is 3.13. The zero-order valence-electron chi connectivity index (χ0n) is 17.3. The Morgan fingerprint density at radius 3 is 2.90 bits per heavy atom. The molecule has 0 atom stereocenters. The van der Waals surface area contributed by atoms with Crippen LogP contribution in [0.5, 0.6) is 5.75 Å². The maximum absolute atomic E-state index is 12.5. The number of rotatable bonds is 9. The molecule has 0 saturated heterocycles. The van der Waals surface area contributed by atoms with E-state index in [0.29, 0.717) is 30.4 Å². The molecule has 1 aliphatic rings. The quantitative estimate of drug-likeness (QED) is 0.485. The van der Waals surface area contributed by atoms with Gasteiger partial charge in [-0.05, 0) is 37.5 Å². The van der Waals surface area contributed by atoms with E-state index in [4.69, 9.17) is 4.74 Å². The summed E-state index contributed by atoms with van der Waals surface area (Å²) in [6.07, 6.45) is 6.25. The zero-order chi connectivity index (χ0) is 21.4. The summed E-state index contributed by atoms with van der Waals surface area (Å²) in [5.74, 6) is 1.46. The number of aromatic nitrogens is 3. The predicted octanol–water partition coefficient (Wildman–Crippen LogP) is 3.79. The van der Waals surface area contributed by atoms with Gasteiger partial charge in [-0.15, -0.1) is 16.8 Å². The summed E-state index contributed by atoms with van der Waals surface area (Å²) in [5.41, 5.74) is 0.396. The molecule has 30 heavy (non-hydrogen) atoms. The summed E-state index contributed by atoms with van der Waals surface area (Å²) in [6.45, 7) is 6.60. The van der Waals surface area contributed by atoms with Gasteiger partial charge >= 0.3 is 0 Å². The normalized spacial score (nSPS) is 15.2. The number of nitrogens with zero attached hydrogens (tertiary/aromatic N) is 4. The molecule has 1 fully saturated rings. The molecule has 0 aliphatic heterocycles. The van der Waals surface area contributed by atoms with Gasteiger partial charge in [0.1, 0.15) is 17.9 Å². The maximum Gasteiger partial charge on any atom is 0.231 e. The Morgan fingerprint density at radius 1 is 1.40 bits per heavy atom. The SMILES string of the molecule is C=CCn1c(COc2cccc(C)c2)nnc1SCC(=O)NC1(C#N)CCCCC1. The molecule has 1 saturated carbocycles. The lowest BCUT2D eigenvalue weighted by Gasteiger charge is -2.31. The molecule has 0 unspecified atom stereocenters. The van der Waals surface area contributed by atoms with Crippen LogP contribution < -0.4 is 10.1 Å². The number of nitriles is 1. The minimum absolute atomic E-state index is 0.158. The van der Waals surface area contributed by atoms with Crippen molar-refractivity contribution in [2.75, 3.05) is 5.75 Å². The first kappa shape index (κ1) is 21.9. The van der Waals surface area contributed by atoms with Crippen LogP contribution in [0.1, 0.15) is 43.5 Å². The van der Waals surface area contributed by atoms with Crippen LogP contribution in [-0.4, -0.2) is 32.0 Å². The monoisotopic (exact) mass is 425 g/mol. The minimum Gasteiger partial charge on any atom is -0.486 e. The maximum atomic E-state index is 12.5. The second kappa shape index (κ2) is 10.3. The van der Waals surface area contributed by atoms with Crippen LogP contribution in [-0.2, 0) is 17.9 Å². The van der Waals surface area contributed by atoms with E-state index < -0.39 is 5.54 Å². The fraction of sp³-hybridized carbons (Fsp3) is 0.455. The molecule has 1 aromatic heterocycles. The van der Waals surface area contributed by atoms with Gasteiger partial charge in [-0.1, -0.05) is 49.2 Å². The molecule has 1 amide bonds. The third-order valence-corrected chi connectivity index (χ3v) is 6.06. The van der Waals surface area contributed by atoms with Crippen molar-refractivity contribution < 1.29 is 9.53 Å². The fourth-order valence-electron chi connectivity index (χ4n) is 3.55. The van der Waals surface area contributed by atoms with E-state index >= 15 is 0 Å². The first-order valence-corrected chi connectivity index (χ1v) is 11.1. The molecule has 7 nitrogen and oxygen atoms in total. The van der Waals surface area contributed by atoms with Gasteiger partial charge in [0.05, 0.1) is 11.8 Å². The smallest absolute Gasteiger partial charge is 0.231 e. The van der Waals surface area contributed by atoms with Crippen molar-refractivity contribution in [1.82, 2.24) is 20.1 Å². The third kappa shape index (κ3) is 5.63. The predicted molar refractivity (Wildman–Crippen MR) is 116 cm³/mol. The van der Waals surface area contributed by atoms with Gasteiger partial charge in [0, 0.05) is 6.54 Å². The van der Waals surface area contributed by atoms with Gasteiger partial charge in [0.25, 0.3) is 0 Å². The molecule has 1 heterocycles. The highest BCUT2D eigenvalue weighted by Gasteiger charge is 2.33. The van der Waals surface area contributed by atoms with Crippen LogP contribution in [0, 0.1) is 18.3 Å². The van der Waals surface area contributed by atoms with Crippen molar-refractivity contribution in [3.8, 4) is 11.8 Å². The number of ether oxygens (including phenoxy) is 1. The Hall–Kier alpha value is -2.79. The lowest BCUT2D eigenvalue weighted by Crippen LogP contribution is -2.49. The lowest BCUT2D eigenvalue weighted by atomic mass is 9.83. The van der Waals surface area contributed by atoms with Crippen molar-refractivity contribution in [2.24, 2.45) is 0 Å². The highest BCUT2D eigenvalue weighted by molar-refractivity contribution is 7.99. The molecule has 0 bridgehead atoms. The largest absolute Gasteiger partial charge is 0.486 e. The number of carbonyl (C=O) groups is 1. The number of nitrogens with one attached hydrogen (secondary N) is 1. The van der Waals surface area contributed by atoms with Crippen LogP contribution >= 0.6 is 11.8 Å². The lowest BCUT2D eigenvalue weighted by molar-refractivity contribution is -0.120. The first-order valence-electron chi connectivity index (χ1n) is 10.1. The number of allylic oxidation sites excluding steroid dienone is 1. The second-order valence-electron chi connectivity index (χ2n) is 7.49. The summed E-state index contributed by atoms with van der Waals surface area (Å²) in [4.78, 5) is 12.5. The van der Waals surface area contributed by atoms with Crippen molar-refractivity contribution in [1.29, 1.82) is 5.26 Å². The molecular formula is C22H27N5O2S. The summed E-state index contributed by atoms with van der Waals surface area (Å²) >= 11 is 1.30. The minimum atomic E-state index is -0.725. The van der Waals surface area contributed by atoms with E-state index in [1.807, 2.05) is 35.8 Å². The van der Waals surface area contributed by atoms with Gasteiger partial charge in [-0.2, -0.15) is 5.26 Å². The van der Waals surface area contributed by atoms with Gasteiger partial charge in [0.2, 0.25) is 5.91 Å². The molecule has 0 spiro atoms. The molecule has 0 radical (unpaired) electrons. The summed E-state index contributed by atoms with van der Waals surface area (Å²) < 4.78 is 7.74. The van der Waals surface area contributed by atoms with Crippen LogP contribution in [0.4, 0.5) is 0 Å². The topological polar surface area (TPSA) is 92.8 Å². The van der Waals surface area contributed by atoms with Crippen molar-refractivity contribution in [3.63, 3.8) is 0 Å². The van der Waals surface area contributed by atoms with Crippen LogP contribution in [0.2, 0.25) is 0 Å². The average molecular weight is 426 g/mol. The van der Waals surface area contributed by atoms with Crippen molar-refractivity contribution in [2.45, 2.75) is 62.9 Å². The summed E-state index contributed by atoms with van der Waals surface area (Å²) in [7, 11) is 0. The zero-order valence-corrected chi connectivity index (χ0v) is 18.1. The molecule has 2 aromatic rings. The van der Waals surface area contributed by atoms with Crippen molar-refractivity contribution >= 4 is 17.7 Å². The summed E-state index contributed by atoms with van der Waals surface area (Å²) in [5, 5.41) is 21.6. The van der Waals surface area contributed by atoms with Gasteiger partial charge < -0.3 is 10.1 Å². The third-order valence-electron chi connectivity index (χ3n) is 5.09. The van der Waals surface area contributed by atoms with E-state index in [1.165, 1.54) is 11.8 Å². The van der Waals surface area contributed by atoms with E-state index in [1.54, 1.807) is 6.08 Å². The molecular weight excluding hydrogens is 398 g/mol. The van der Waals surface area contributed by atoms with Gasteiger partial charge in [0.15, 0.2) is 11.0 Å². The summed E-state index contributed by atoms with van der Waals surface area (Å²) in [6, 6.07) is 10.1. The number of amides is 1. The highest BCUT2D eigenvalue weighted by Crippen LogP contribution is 2.28. The second-order valence-corrected chi connectivity index (χ2v) is 8.44. The molecule has 158 valence electrons. The van der Waals surface area contributed by atoms with Crippen molar-refractivity contribution in [3.05, 3.63) is 48.3 Å². The van der Waals surface area contributed by atoms with Crippen LogP contribution in [0.15, 0.2) is 42.1 Å². The number of hydrogen-bond acceptors (Lipinski definition) is 6. The van der Waals surface area contributed by atoms with Crippen LogP contribution in [0.3, 0.4) is 0 Å². The molecule has 3 rings (SSSR count). The van der Waals surface area contributed by atoms with E-state index in [0.717, 1.165) is 30.6 Å². The molecule has 8 heteroatoms. The fourth-order valence-corrected chi connectivity index (χ4v) is 4.32. The first-order chi connectivity index (χ1) is 14.5. The number of hydrogen-bond donors (Lipinski definition) is 1. The Balaban J connectivity index is 1.61.